The summed E-state index contributed by atoms with van der Waals surface area (Å²) in [6, 6.07) is 0. The molecule has 22 heavy (non-hydrogen) atoms. The number of ether oxygens (including phenoxy) is 2. The molecule has 0 aliphatic rings. The third-order valence-corrected chi connectivity index (χ3v) is 3.83. The largest absolute Gasteiger partial charge is 0.481 e. The highest BCUT2D eigenvalue weighted by molar-refractivity contribution is 5.69. The SMILES string of the molecule is CCCCCCCC(CCOCCOCCC(C)C)C(=O)O. The van der Waals surface area contributed by atoms with Gasteiger partial charge in [0.2, 0.25) is 0 Å². The van der Waals surface area contributed by atoms with Crippen LogP contribution in [-0.4, -0.2) is 37.5 Å². The van der Waals surface area contributed by atoms with Crippen LogP contribution >= 0.6 is 0 Å². The van der Waals surface area contributed by atoms with Crippen LogP contribution in [0.25, 0.3) is 0 Å². The van der Waals surface area contributed by atoms with Gasteiger partial charge in [0.05, 0.1) is 19.1 Å². The molecule has 0 aromatic rings. The second kappa shape index (κ2) is 15.3. The Kier molecular flexibility index (Phi) is 14.9. The molecule has 4 heteroatoms. The number of carboxylic acids is 1. The van der Waals surface area contributed by atoms with Crippen LogP contribution in [0.1, 0.15) is 72.1 Å². The minimum Gasteiger partial charge on any atom is -0.481 e. The molecular formula is C18H36O4. The Morgan fingerprint density at radius 3 is 2.00 bits per heavy atom. The molecule has 0 saturated heterocycles. The predicted octanol–water partition coefficient (Wildman–Crippen LogP) is 4.52. The van der Waals surface area contributed by atoms with Crippen molar-refractivity contribution in [2.24, 2.45) is 11.8 Å². The molecule has 1 N–H and O–H groups in total. The van der Waals surface area contributed by atoms with Crippen molar-refractivity contribution in [2.45, 2.75) is 72.1 Å². The molecule has 0 rings (SSSR count). The fourth-order valence-corrected chi connectivity index (χ4v) is 2.25. The van der Waals surface area contributed by atoms with E-state index in [-0.39, 0.29) is 5.92 Å². The Hall–Kier alpha value is -0.610. The number of carboxylic acid groups (broad SMARTS) is 1. The van der Waals surface area contributed by atoms with E-state index in [0.717, 1.165) is 32.3 Å². The summed E-state index contributed by atoms with van der Waals surface area (Å²) in [5, 5.41) is 9.22. The highest BCUT2D eigenvalue weighted by atomic mass is 16.5. The van der Waals surface area contributed by atoms with Gasteiger partial charge in [0.1, 0.15) is 0 Å². The van der Waals surface area contributed by atoms with Crippen molar-refractivity contribution in [2.75, 3.05) is 26.4 Å². The molecule has 0 aromatic heterocycles. The van der Waals surface area contributed by atoms with Crippen molar-refractivity contribution in [3.8, 4) is 0 Å². The maximum atomic E-state index is 11.2. The van der Waals surface area contributed by atoms with Crippen LogP contribution in [0.4, 0.5) is 0 Å². The van der Waals surface area contributed by atoms with E-state index in [1.807, 2.05) is 0 Å². The van der Waals surface area contributed by atoms with E-state index in [2.05, 4.69) is 20.8 Å². The van der Waals surface area contributed by atoms with Gasteiger partial charge in [-0.15, -0.1) is 0 Å². The summed E-state index contributed by atoms with van der Waals surface area (Å²) < 4.78 is 10.9. The first-order valence-corrected chi connectivity index (χ1v) is 8.96. The van der Waals surface area contributed by atoms with Gasteiger partial charge in [-0.25, -0.2) is 0 Å². The van der Waals surface area contributed by atoms with Gasteiger partial charge in [-0.1, -0.05) is 52.9 Å². The van der Waals surface area contributed by atoms with E-state index < -0.39 is 5.97 Å². The smallest absolute Gasteiger partial charge is 0.306 e. The van der Waals surface area contributed by atoms with Crippen LogP contribution in [0.15, 0.2) is 0 Å². The topological polar surface area (TPSA) is 55.8 Å². The van der Waals surface area contributed by atoms with E-state index in [4.69, 9.17) is 9.47 Å². The monoisotopic (exact) mass is 316 g/mol. The summed E-state index contributed by atoms with van der Waals surface area (Å²) in [7, 11) is 0. The van der Waals surface area contributed by atoms with Gasteiger partial charge in [0, 0.05) is 13.2 Å². The number of carbonyl (C=O) groups is 1. The summed E-state index contributed by atoms with van der Waals surface area (Å²) >= 11 is 0. The molecule has 0 aromatic carbocycles. The summed E-state index contributed by atoms with van der Waals surface area (Å²) in [6.45, 7) is 8.98. The van der Waals surface area contributed by atoms with Crippen LogP contribution in [0, 0.1) is 11.8 Å². The Labute approximate surface area is 136 Å². The molecule has 0 amide bonds. The average Bonchev–Trinajstić information content (AvgIpc) is 2.46. The molecule has 0 saturated carbocycles. The summed E-state index contributed by atoms with van der Waals surface area (Å²) in [5.74, 6) is -0.287. The second-order valence-corrected chi connectivity index (χ2v) is 6.43. The van der Waals surface area contributed by atoms with Crippen LogP contribution in [0.5, 0.6) is 0 Å². The summed E-state index contributed by atoms with van der Waals surface area (Å²) in [5.41, 5.74) is 0. The molecule has 0 bridgehead atoms. The van der Waals surface area contributed by atoms with Gasteiger partial charge in [0.15, 0.2) is 0 Å². The first-order valence-electron chi connectivity index (χ1n) is 8.96. The van der Waals surface area contributed by atoms with Gasteiger partial charge >= 0.3 is 5.97 Å². The standard InChI is InChI=1S/C18H36O4/c1-4-5-6-7-8-9-17(18(19)20)11-13-22-15-14-21-12-10-16(2)3/h16-17H,4-15H2,1-3H3,(H,19,20). The van der Waals surface area contributed by atoms with Gasteiger partial charge < -0.3 is 14.6 Å². The molecule has 0 heterocycles. The van der Waals surface area contributed by atoms with Crippen LogP contribution in [0.2, 0.25) is 0 Å². The number of aliphatic carboxylic acids is 1. The summed E-state index contributed by atoms with van der Waals surface area (Å²) in [4.78, 5) is 11.2. The fraction of sp³-hybridized carbons (Fsp3) is 0.944. The zero-order chi connectivity index (χ0) is 16.6. The zero-order valence-corrected chi connectivity index (χ0v) is 14.8. The third kappa shape index (κ3) is 14.3. The summed E-state index contributed by atoms with van der Waals surface area (Å²) in [6.07, 6.45) is 8.28. The first kappa shape index (κ1) is 21.4. The first-order chi connectivity index (χ1) is 10.6. The zero-order valence-electron chi connectivity index (χ0n) is 14.8. The lowest BCUT2D eigenvalue weighted by molar-refractivity contribution is -0.142. The van der Waals surface area contributed by atoms with E-state index >= 15 is 0 Å². The minimum absolute atomic E-state index is 0.261. The van der Waals surface area contributed by atoms with Gasteiger partial charge in [-0.2, -0.15) is 0 Å². The molecule has 0 radical (unpaired) electrons. The van der Waals surface area contributed by atoms with Crippen molar-refractivity contribution in [1.29, 1.82) is 0 Å². The van der Waals surface area contributed by atoms with Crippen molar-refractivity contribution in [3.05, 3.63) is 0 Å². The fourth-order valence-electron chi connectivity index (χ4n) is 2.25. The maximum Gasteiger partial charge on any atom is 0.306 e. The molecule has 0 spiro atoms. The second-order valence-electron chi connectivity index (χ2n) is 6.43. The Morgan fingerprint density at radius 2 is 1.45 bits per heavy atom. The Morgan fingerprint density at radius 1 is 0.864 bits per heavy atom. The maximum absolute atomic E-state index is 11.2. The van der Waals surface area contributed by atoms with Crippen LogP contribution in [-0.2, 0) is 14.3 Å². The van der Waals surface area contributed by atoms with Gasteiger partial charge in [0.25, 0.3) is 0 Å². The van der Waals surface area contributed by atoms with E-state index in [0.29, 0.717) is 32.2 Å². The van der Waals surface area contributed by atoms with Gasteiger partial charge in [-0.05, 0) is 25.2 Å². The Balaban J connectivity index is 3.51. The van der Waals surface area contributed by atoms with Crippen LogP contribution in [0.3, 0.4) is 0 Å². The highest BCUT2D eigenvalue weighted by Crippen LogP contribution is 2.15. The lowest BCUT2D eigenvalue weighted by Crippen LogP contribution is -2.17. The molecule has 1 atom stereocenters. The predicted molar refractivity (Wildman–Crippen MR) is 90.2 cm³/mol. The van der Waals surface area contributed by atoms with E-state index in [1.165, 1.54) is 19.3 Å². The molecule has 4 nitrogen and oxygen atoms in total. The number of hydrogen-bond acceptors (Lipinski definition) is 3. The molecule has 1 unspecified atom stereocenters. The Bertz CT molecular complexity index is 253. The van der Waals surface area contributed by atoms with Crippen LogP contribution < -0.4 is 0 Å². The lowest BCUT2D eigenvalue weighted by Gasteiger charge is -2.12. The van der Waals surface area contributed by atoms with Crippen molar-refractivity contribution in [3.63, 3.8) is 0 Å². The molecule has 0 aliphatic heterocycles. The van der Waals surface area contributed by atoms with Gasteiger partial charge in [-0.3, -0.25) is 4.79 Å². The minimum atomic E-state index is -0.688. The lowest BCUT2D eigenvalue weighted by atomic mass is 9.98. The van der Waals surface area contributed by atoms with E-state index in [9.17, 15) is 9.90 Å². The average molecular weight is 316 g/mol. The number of unbranched alkanes of at least 4 members (excludes halogenated alkanes) is 4. The van der Waals surface area contributed by atoms with E-state index in [1.54, 1.807) is 0 Å². The molecule has 132 valence electrons. The normalized spacial score (nSPS) is 12.7. The molecular weight excluding hydrogens is 280 g/mol. The van der Waals surface area contributed by atoms with Crippen molar-refractivity contribution >= 4 is 5.97 Å². The molecule has 0 fully saturated rings. The highest BCUT2D eigenvalue weighted by Gasteiger charge is 2.16. The molecule has 0 aliphatic carbocycles. The quantitative estimate of drug-likeness (QED) is 0.425. The third-order valence-electron chi connectivity index (χ3n) is 3.83. The number of rotatable bonds is 16. The number of hydrogen-bond donors (Lipinski definition) is 1. The van der Waals surface area contributed by atoms with Crippen molar-refractivity contribution in [1.82, 2.24) is 0 Å². The van der Waals surface area contributed by atoms with Crippen molar-refractivity contribution < 1.29 is 19.4 Å².